The second-order valence-electron chi connectivity index (χ2n) is 17.4. The first kappa shape index (κ1) is 42.0. The van der Waals surface area contributed by atoms with Gasteiger partial charge in [0.2, 0.25) is 0 Å². The smallest absolute Gasteiger partial charge is 0.308 e. The van der Waals surface area contributed by atoms with E-state index < -0.39 is 11.7 Å². The monoisotopic (exact) mass is 906 g/mol. The highest BCUT2D eigenvalue weighted by Crippen LogP contribution is 2.44. The lowest BCUT2D eigenvalue weighted by Gasteiger charge is -2.19. The number of halogens is 3. The van der Waals surface area contributed by atoms with Crippen LogP contribution in [0.3, 0.4) is 0 Å². The number of alkyl halides is 3. The van der Waals surface area contributed by atoms with Crippen LogP contribution in [0.4, 0.5) is 13.2 Å². The highest BCUT2D eigenvalue weighted by atomic mass is 19.4. The molecular formula is C63H37F3N4. The number of nitriles is 2. The lowest BCUT2D eigenvalue weighted by molar-refractivity contribution is -0.137. The predicted octanol–water partition coefficient (Wildman–Crippen LogP) is 17.0. The molecule has 330 valence electrons. The SMILES string of the molecule is N#Cc1cc(C(F)(F)F)ccc1-c1cc(-n2c3ccc(-c4ccccc4)cc3c3cc(-c4ccccc4)ccc32)c(C#N)c(-n2c3ccc(-c4ccccc4)cc3c3cc(-c4ccccc4)ccc32)c1. The minimum Gasteiger partial charge on any atom is -0.308 e. The number of nitrogens with zero attached hydrogens (tertiary/aromatic N) is 4. The normalized spacial score (nSPS) is 11.6. The second kappa shape index (κ2) is 16.7. The largest absolute Gasteiger partial charge is 0.416 e. The maximum absolute atomic E-state index is 14.2. The number of hydrogen-bond acceptors (Lipinski definition) is 2. The molecule has 0 N–H and O–H groups in total. The molecule has 0 fully saturated rings. The molecule has 0 unspecified atom stereocenters. The Balaban J connectivity index is 1.20. The standard InChI is InChI=1S/C63H37F3N4/c64-63(65,66)50-25-26-51(49(31-50)38-67)48-36-61(69-57-27-21-44(40-13-5-1-6-14-40)32-52(57)53-33-45(22-28-58(53)69)41-15-7-2-8-16-41)56(39-68)62(37-48)70-59-29-23-46(42-17-9-3-10-18-42)34-54(59)55-35-47(24-30-60(55)70)43-19-11-4-12-20-43/h1-37H. The van der Waals surface area contributed by atoms with Gasteiger partial charge in [-0.2, -0.15) is 23.7 Å². The van der Waals surface area contributed by atoms with Crippen molar-refractivity contribution in [3.63, 3.8) is 0 Å². The Morgan fingerprint density at radius 3 is 0.971 bits per heavy atom. The van der Waals surface area contributed by atoms with Gasteiger partial charge in [0.25, 0.3) is 0 Å². The van der Waals surface area contributed by atoms with Gasteiger partial charge in [-0.05, 0) is 128 Å². The lowest BCUT2D eigenvalue weighted by atomic mass is 9.95. The van der Waals surface area contributed by atoms with Gasteiger partial charge in [-0.15, -0.1) is 0 Å². The summed E-state index contributed by atoms with van der Waals surface area (Å²) in [4.78, 5) is 0. The van der Waals surface area contributed by atoms with Gasteiger partial charge in [0.1, 0.15) is 11.6 Å². The van der Waals surface area contributed by atoms with Crippen LogP contribution in [0.15, 0.2) is 224 Å². The highest BCUT2D eigenvalue weighted by molar-refractivity contribution is 6.14. The summed E-state index contributed by atoms with van der Waals surface area (Å²) < 4.78 is 46.9. The van der Waals surface area contributed by atoms with Crippen molar-refractivity contribution < 1.29 is 13.2 Å². The van der Waals surface area contributed by atoms with Crippen molar-refractivity contribution in [2.75, 3.05) is 0 Å². The molecule has 12 aromatic rings. The number of fused-ring (bicyclic) bond motifs is 6. The minimum absolute atomic E-state index is 0.138. The van der Waals surface area contributed by atoms with Crippen molar-refractivity contribution in [2.45, 2.75) is 6.18 Å². The van der Waals surface area contributed by atoms with Crippen molar-refractivity contribution in [2.24, 2.45) is 0 Å². The van der Waals surface area contributed by atoms with Crippen LogP contribution in [0.2, 0.25) is 0 Å². The summed E-state index contributed by atoms with van der Waals surface area (Å²) in [5.41, 5.74) is 12.7. The minimum atomic E-state index is -4.66. The van der Waals surface area contributed by atoms with Crippen LogP contribution >= 0.6 is 0 Å². The van der Waals surface area contributed by atoms with E-state index in [2.05, 4.69) is 143 Å². The zero-order valence-corrected chi connectivity index (χ0v) is 37.3. The van der Waals surface area contributed by atoms with Crippen LogP contribution < -0.4 is 0 Å². The second-order valence-corrected chi connectivity index (χ2v) is 17.4. The molecule has 0 saturated heterocycles. The van der Waals surface area contributed by atoms with Crippen LogP contribution in [0.1, 0.15) is 16.7 Å². The number of aromatic nitrogens is 2. The first-order chi connectivity index (χ1) is 34.2. The van der Waals surface area contributed by atoms with E-state index in [1.807, 2.05) is 84.9 Å². The summed E-state index contributed by atoms with van der Waals surface area (Å²) >= 11 is 0. The number of rotatable bonds is 7. The summed E-state index contributed by atoms with van der Waals surface area (Å²) in [6.07, 6.45) is -4.66. The summed E-state index contributed by atoms with van der Waals surface area (Å²) in [5, 5.41) is 26.1. The Bertz CT molecular complexity index is 3690. The van der Waals surface area contributed by atoms with E-state index in [1.54, 1.807) is 0 Å². The fourth-order valence-electron chi connectivity index (χ4n) is 10.1. The Kier molecular flexibility index (Phi) is 10.0. The fourth-order valence-corrected chi connectivity index (χ4v) is 10.1. The van der Waals surface area contributed by atoms with E-state index in [4.69, 9.17) is 0 Å². The van der Waals surface area contributed by atoms with E-state index in [0.29, 0.717) is 28.1 Å². The Labute approximate surface area is 401 Å². The van der Waals surface area contributed by atoms with Crippen LogP contribution in [-0.2, 0) is 6.18 Å². The third kappa shape index (κ3) is 7.08. The van der Waals surface area contributed by atoms with E-state index in [9.17, 15) is 23.7 Å². The molecule has 0 spiro atoms. The predicted molar refractivity (Wildman–Crippen MR) is 277 cm³/mol. The Hall–Kier alpha value is -9.43. The van der Waals surface area contributed by atoms with Crippen molar-refractivity contribution in [3.05, 3.63) is 241 Å². The molecule has 70 heavy (non-hydrogen) atoms. The molecule has 0 amide bonds. The van der Waals surface area contributed by atoms with Gasteiger partial charge in [0.05, 0.1) is 50.6 Å². The first-order valence-electron chi connectivity index (χ1n) is 22.8. The first-order valence-corrected chi connectivity index (χ1v) is 22.8. The van der Waals surface area contributed by atoms with Crippen LogP contribution in [0.5, 0.6) is 0 Å². The van der Waals surface area contributed by atoms with Gasteiger partial charge in [-0.1, -0.05) is 152 Å². The van der Waals surface area contributed by atoms with E-state index in [0.717, 1.165) is 100 Å². The van der Waals surface area contributed by atoms with Crippen molar-refractivity contribution in [1.82, 2.24) is 9.13 Å². The molecule has 2 aromatic heterocycles. The number of benzene rings is 10. The molecule has 0 bridgehead atoms. The Morgan fingerprint density at radius 2 is 0.671 bits per heavy atom. The highest BCUT2D eigenvalue weighted by Gasteiger charge is 2.32. The van der Waals surface area contributed by atoms with E-state index in [-0.39, 0.29) is 5.56 Å². The van der Waals surface area contributed by atoms with Gasteiger partial charge >= 0.3 is 6.18 Å². The molecule has 12 rings (SSSR count). The third-order valence-electron chi connectivity index (χ3n) is 13.4. The quantitative estimate of drug-likeness (QED) is 0.160. The summed E-state index contributed by atoms with van der Waals surface area (Å²) in [6, 6.07) is 77.7. The Morgan fingerprint density at radius 1 is 0.329 bits per heavy atom. The van der Waals surface area contributed by atoms with Gasteiger partial charge < -0.3 is 9.13 Å². The molecule has 0 aliphatic heterocycles. The molecular weight excluding hydrogens is 870 g/mol. The fraction of sp³-hybridized carbons (Fsp3) is 0.0159. The van der Waals surface area contributed by atoms with Crippen LogP contribution in [0.25, 0.3) is 111 Å². The lowest BCUT2D eigenvalue weighted by Crippen LogP contribution is -2.07. The number of hydrogen-bond donors (Lipinski definition) is 0. The molecule has 0 saturated carbocycles. The van der Waals surface area contributed by atoms with Gasteiger partial charge in [-0.3, -0.25) is 0 Å². The average molecular weight is 907 g/mol. The molecule has 0 atom stereocenters. The molecule has 7 heteroatoms. The van der Waals surface area contributed by atoms with Crippen molar-refractivity contribution in [1.29, 1.82) is 10.5 Å². The maximum Gasteiger partial charge on any atom is 0.416 e. The summed E-state index contributed by atoms with van der Waals surface area (Å²) in [6.45, 7) is 0. The van der Waals surface area contributed by atoms with Crippen LogP contribution in [-0.4, -0.2) is 9.13 Å². The molecule has 0 radical (unpaired) electrons. The topological polar surface area (TPSA) is 57.4 Å². The van der Waals surface area contributed by atoms with Gasteiger partial charge in [0.15, 0.2) is 0 Å². The third-order valence-corrected chi connectivity index (χ3v) is 13.4. The zero-order valence-electron chi connectivity index (χ0n) is 37.3. The van der Waals surface area contributed by atoms with Gasteiger partial charge in [0, 0.05) is 21.5 Å². The summed E-state index contributed by atoms with van der Waals surface area (Å²) in [7, 11) is 0. The molecule has 10 aromatic carbocycles. The van der Waals surface area contributed by atoms with E-state index in [1.165, 1.54) is 6.07 Å². The van der Waals surface area contributed by atoms with Crippen molar-refractivity contribution in [3.8, 4) is 79.1 Å². The van der Waals surface area contributed by atoms with E-state index >= 15 is 0 Å². The maximum atomic E-state index is 14.2. The molecule has 0 aliphatic rings. The summed E-state index contributed by atoms with van der Waals surface area (Å²) in [5.74, 6) is 0. The molecule has 0 aliphatic carbocycles. The van der Waals surface area contributed by atoms with Gasteiger partial charge in [-0.25, -0.2) is 0 Å². The average Bonchev–Trinajstić information content (AvgIpc) is 3.92. The van der Waals surface area contributed by atoms with Crippen LogP contribution in [0, 0.1) is 22.7 Å². The molecule has 2 heterocycles. The molecule has 4 nitrogen and oxygen atoms in total. The zero-order chi connectivity index (χ0) is 47.5. The van der Waals surface area contributed by atoms with Crippen molar-refractivity contribution >= 4 is 43.6 Å².